The van der Waals surface area contributed by atoms with E-state index < -0.39 is 0 Å². The number of hydrogen-bond donors (Lipinski definition) is 2. The summed E-state index contributed by atoms with van der Waals surface area (Å²) < 4.78 is 2.14. The molecule has 0 saturated carbocycles. The van der Waals surface area contributed by atoms with Crippen molar-refractivity contribution in [1.82, 2.24) is 20.2 Å². The van der Waals surface area contributed by atoms with Crippen LogP contribution in [0.3, 0.4) is 0 Å². The van der Waals surface area contributed by atoms with Crippen molar-refractivity contribution in [2.45, 2.75) is 38.3 Å². The summed E-state index contributed by atoms with van der Waals surface area (Å²) in [4.78, 5) is 16.5. The fraction of sp³-hybridized carbons (Fsp3) is 0.444. The molecule has 0 aliphatic carbocycles. The van der Waals surface area contributed by atoms with Gasteiger partial charge in [0, 0.05) is 31.9 Å². The van der Waals surface area contributed by atoms with E-state index in [4.69, 9.17) is 0 Å². The largest absolute Gasteiger partial charge is 0.354 e. The molecule has 1 aromatic heterocycles. The van der Waals surface area contributed by atoms with E-state index in [2.05, 4.69) is 32.3 Å². The first-order valence-electron chi connectivity index (χ1n) is 8.38. The smallest absolute Gasteiger partial charge is 0.237 e. The normalized spacial score (nSPS) is 16.4. The van der Waals surface area contributed by atoms with Gasteiger partial charge in [0.05, 0.1) is 6.04 Å². The van der Waals surface area contributed by atoms with Crippen LogP contribution < -0.4 is 10.6 Å². The van der Waals surface area contributed by atoms with Crippen LogP contribution in [0, 0.1) is 0 Å². The molecular formula is C18H26Cl2N4O. The van der Waals surface area contributed by atoms with Crippen molar-refractivity contribution in [2.75, 3.05) is 13.1 Å². The zero-order valence-electron chi connectivity index (χ0n) is 14.2. The van der Waals surface area contributed by atoms with E-state index in [0.29, 0.717) is 6.54 Å². The molecular weight excluding hydrogens is 359 g/mol. The number of carbonyl (C=O) groups excluding carboxylic acids is 1. The number of carbonyl (C=O) groups is 1. The monoisotopic (exact) mass is 384 g/mol. The molecule has 0 bridgehead atoms. The zero-order valence-corrected chi connectivity index (χ0v) is 15.8. The quantitative estimate of drug-likeness (QED) is 0.804. The standard InChI is InChI=1S/C18H24N4O.2ClH/c23-18(16-8-4-5-10-19-16)21-11-9-17-20-12-13-22(17)14-15-6-2-1-3-7-15;;/h1-3,6-7,12-13,16,19H,4-5,8-11,14H2,(H,21,23);2*1H/t16-;;/m0../s1. The van der Waals surface area contributed by atoms with E-state index in [1.54, 1.807) is 0 Å². The molecule has 1 atom stereocenters. The fourth-order valence-corrected chi connectivity index (χ4v) is 2.99. The Bertz CT molecular complexity index is 627. The van der Waals surface area contributed by atoms with Crippen molar-refractivity contribution >= 4 is 30.7 Å². The van der Waals surface area contributed by atoms with Gasteiger partial charge in [-0.25, -0.2) is 4.98 Å². The van der Waals surface area contributed by atoms with Gasteiger partial charge in [0.15, 0.2) is 0 Å². The number of aromatic nitrogens is 2. The van der Waals surface area contributed by atoms with Crippen LogP contribution in [0.4, 0.5) is 0 Å². The van der Waals surface area contributed by atoms with Crippen molar-refractivity contribution in [1.29, 1.82) is 0 Å². The van der Waals surface area contributed by atoms with Crippen molar-refractivity contribution in [2.24, 2.45) is 0 Å². The zero-order chi connectivity index (χ0) is 15.9. The van der Waals surface area contributed by atoms with Crippen LogP contribution in [0.25, 0.3) is 0 Å². The molecule has 1 amide bonds. The number of halogens is 2. The first-order chi connectivity index (χ1) is 11.3. The van der Waals surface area contributed by atoms with Gasteiger partial charge in [-0.1, -0.05) is 36.8 Å². The van der Waals surface area contributed by atoms with Crippen molar-refractivity contribution < 1.29 is 4.79 Å². The minimum Gasteiger partial charge on any atom is -0.354 e. The molecule has 1 aliphatic rings. The number of amides is 1. The maximum Gasteiger partial charge on any atom is 0.237 e. The Morgan fingerprint density at radius 1 is 1.24 bits per heavy atom. The van der Waals surface area contributed by atoms with E-state index in [1.165, 1.54) is 12.0 Å². The SMILES string of the molecule is Cl.Cl.O=C(NCCc1nccn1Cc1ccccc1)[C@@H]1CCCCN1. The summed E-state index contributed by atoms with van der Waals surface area (Å²) in [6.07, 6.45) is 7.80. The molecule has 0 unspecified atom stereocenters. The third-order valence-corrected chi connectivity index (χ3v) is 4.27. The van der Waals surface area contributed by atoms with Gasteiger partial charge in [-0.15, -0.1) is 24.8 Å². The minimum atomic E-state index is -0.0205. The average Bonchev–Trinajstić information content (AvgIpc) is 3.03. The summed E-state index contributed by atoms with van der Waals surface area (Å²) in [5.74, 6) is 1.12. The number of rotatable bonds is 6. The molecule has 0 spiro atoms. The lowest BCUT2D eigenvalue weighted by Gasteiger charge is -2.22. The molecule has 2 heterocycles. The molecule has 2 N–H and O–H groups in total. The lowest BCUT2D eigenvalue weighted by atomic mass is 10.0. The number of imidazole rings is 1. The Morgan fingerprint density at radius 2 is 2.04 bits per heavy atom. The summed E-state index contributed by atoms with van der Waals surface area (Å²) in [5.41, 5.74) is 1.25. The van der Waals surface area contributed by atoms with Crippen molar-refractivity contribution in [3.05, 3.63) is 54.1 Å². The van der Waals surface area contributed by atoms with Gasteiger partial charge < -0.3 is 15.2 Å². The highest BCUT2D eigenvalue weighted by Crippen LogP contribution is 2.08. The Hall–Kier alpha value is -1.56. The van der Waals surface area contributed by atoms with Gasteiger partial charge in [0.2, 0.25) is 5.91 Å². The fourth-order valence-electron chi connectivity index (χ4n) is 2.99. The number of hydrogen-bond acceptors (Lipinski definition) is 3. The van der Waals surface area contributed by atoms with E-state index in [-0.39, 0.29) is 36.8 Å². The van der Waals surface area contributed by atoms with Gasteiger partial charge in [-0.2, -0.15) is 0 Å². The van der Waals surface area contributed by atoms with Gasteiger partial charge >= 0.3 is 0 Å². The van der Waals surface area contributed by atoms with Crippen LogP contribution in [0.1, 0.15) is 30.7 Å². The van der Waals surface area contributed by atoms with E-state index >= 15 is 0 Å². The maximum absolute atomic E-state index is 12.1. The van der Waals surface area contributed by atoms with E-state index in [1.807, 2.05) is 30.6 Å². The predicted molar refractivity (Wildman–Crippen MR) is 105 cm³/mol. The topological polar surface area (TPSA) is 59.0 Å². The highest BCUT2D eigenvalue weighted by Gasteiger charge is 2.19. The summed E-state index contributed by atoms with van der Waals surface area (Å²) >= 11 is 0. The van der Waals surface area contributed by atoms with Gasteiger partial charge in [-0.3, -0.25) is 4.79 Å². The summed E-state index contributed by atoms with van der Waals surface area (Å²) in [6, 6.07) is 10.3. The highest BCUT2D eigenvalue weighted by molar-refractivity contribution is 5.85. The maximum atomic E-state index is 12.1. The number of piperidine rings is 1. The molecule has 1 fully saturated rings. The van der Waals surface area contributed by atoms with Crippen molar-refractivity contribution in [3.8, 4) is 0 Å². The van der Waals surface area contributed by atoms with Crippen LogP contribution in [-0.2, 0) is 17.8 Å². The molecule has 7 heteroatoms. The lowest BCUT2D eigenvalue weighted by Crippen LogP contribution is -2.47. The molecule has 5 nitrogen and oxygen atoms in total. The Kier molecular flexibility index (Phi) is 9.57. The summed E-state index contributed by atoms with van der Waals surface area (Å²) in [5, 5.41) is 6.30. The molecule has 1 aromatic carbocycles. The van der Waals surface area contributed by atoms with Crippen LogP contribution in [0.2, 0.25) is 0 Å². The molecule has 0 radical (unpaired) electrons. The minimum absolute atomic E-state index is 0. The Labute approximate surface area is 161 Å². The van der Waals surface area contributed by atoms with Gasteiger partial charge in [0.1, 0.15) is 5.82 Å². The Morgan fingerprint density at radius 3 is 2.76 bits per heavy atom. The van der Waals surface area contributed by atoms with E-state index in [0.717, 1.165) is 38.2 Å². The highest BCUT2D eigenvalue weighted by atomic mass is 35.5. The molecule has 1 saturated heterocycles. The first kappa shape index (κ1) is 21.5. The van der Waals surface area contributed by atoms with Crippen LogP contribution >= 0.6 is 24.8 Å². The molecule has 138 valence electrons. The Balaban J connectivity index is 0.00000156. The molecule has 25 heavy (non-hydrogen) atoms. The lowest BCUT2D eigenvalue weighted by molar-refractivity contribution is -0.123. The first-order valence-corrected chi connectivity index (χ1v) is 8.38. The second kappa shape index (κ2) is 11.1. The van der Waals surface area contributed by atoms with Gasteiger partial charge in [-0.05, 0) is 24.9 Å². The number of nitrogens with one attached hydrogen (secondary N) is 2. The van der Waals surface area contributed by atoms with E-state index in [9.17, 15) is 4.79 Å². The van der Waals surface area contributed by atoms with Gasteiger partial charge in [0.25, 0.3) is 0 Å². The second-order valence-corrected chi connectivity index (χ2v) is 6.00. The average molecular weight is 385 g/mol. The third-order valence-electron chi connectivity index (χ3n) is 4.27. The predicted octanol–water partition coefficient (Wildman–Crippen LogP) is 2.58. The second-order valence-electron chi connectivity index (χ2n) is 6.00. The number of benzene rings is 1. The molecule has 3 rings (SSSR count). The summed E-state index contributed by atoms with van der Waals surface area (Å²) in [6.45, 7) is 2.39. The molecule has 2 aromatic rings. The van der Waals surface area contributed by atoms with Crippen molar-refractivity contribution in [3.63, 3.8) is 0 Å². The van der Waals surface area contributed by atoms with Crippen LogP contribution in [0.5, 0.6) is 0 Å². The van der Waals surface area contributed by atoms with Crippen LogP contribution in [0.15, 0.2) is 42.7 Å². The van der Waals surface area contributed by atoms with Crippen LogP contribution in [-0.4, -0.2) is 34.6 Å². The molecule has 1 aliphatic heterocycles. The number of nitrogens with zero attached hydrogens (tertiary/aromatic N) is 2. The summed E-state index contributed by atoms with van der Waals surface area (Å²) in [7, 11) is 0. The third kappa shape index (κ3) is 6.34.